The zero-order valence-corrected chi connectivity index (χ0v) is 23.6. The highest BCUT2D eigenvalue weighted by molar-refractivity contribution is 8.01. The number of carboxylic acids is 1. The molecule has 2 aliphatic heterocycles. The summed E-state index contributed by atoms with van der Waals surface area (Å²) in [5.41, 5.74) is 1.14. The molecule has 2 heterocycles. The summed E-state index contributed by atoms with van der Waals surface area (Å²) in [7, 11) is 1.55. The van der Waals surface area contributed by atoms with Gasteiger partial charge in [-0.25, -0.2) is 4.79 Å². The minimum atomic E-state index is -1.09. The van der Waals surface area contributed by atoms with Gasteiger partial charge in [0, 0.05) is 17.4 Å². The van der Waals surface area contributed by atoms with E-state index < -0.39 is 51.9 Å². The minimum Gasteiger partial charge on any atom is -0.480 e. The molecule has 4 atom stereocenters. The first kappa shape index (κ1) is 28.7. The summed E-state index contributed by atoms with van der Waals surface area (Å²) in [5.74, 6) is -2.24. The fourth-order valence-electron chi connectivity index (χ4n) is 4.66. The number of amides is 3. The minimum absolute atomic E-state index is 0.202. The van der Waals surface area contributed by atoms with Crippen LogP contribution in [0.25, 0.3) is 0 Å². The lowest BCUT2D eigenvalue weighted by Crippen LogP contribution is -2.71. The predicted molar refractivity (Wildman–Crippen MR) is 150 cm³/mol. The molecule has 2 aliphatic rings. The highest BCUT2D eigenvalue weighted by Crippen LogP contribution is 2.50. The lowest BCUT2D eigenvalue weighted by atomic mass is 9.95. The van der Waals surface area contributed by atoms with Crippen LogP contribution in [-0.2, 0) is 19.2 Å². The summed E-state index contributed by atoms with van der Waals surface area (Å²) in [6.45, 7) is 3.31. The molecule has 10 nitrogen and oxygen atoms in total. The second kappa shape index (κ2) is 11.4. The zero-order valence-electron chi connectivity index (χ0n) is 21.3. The molecule has 39 heavy (non-hydrogen) atoms. The molecule has 0 aliphatic carbocycles. The van der Waals surface area contributed by atoms with Gasteiger partial charge in [-0.1, -0.05) is 53.5 Å². The van der Waals surface area contributed by atoms with E-state index >= 15 is 0 Å². The molecule has 0 spiro atoms. The highest BCUT2D eigenvalue weighted by atomic mass is 35.5. The molecular weight excluding hydrogens is 565 g/mol. The van der Waals surface area contributed by atoms with Crippen molar-refractivity contribution in [3.05, 3.63) is 69.7 Å². The Kier molecular flexibility index (Phi) is 8.43. The molecule has 4 N–H and O–H groups in total. The molecule has 0 bridgehead atoms. The van der Waals surface area contributed by atoms with Crippen LogP contribution in [0.2, 0.25) is 10.0 Å². The van der Waals surface area contributed by atoms with Gasteiger partial charge in [-0.3, -0.25) is 19.4 Å². The number of carbonyl (C=O) groups excluding carboxylic acids is 3. The number of nitrogens with one attached hydrogen (secondary N) is 3. The van der Waals surface area contributed by atoms with Crippen molar-refractivity contribution >= 4 is 64.5 Å². The van der Waals surface area contributed by atoms with Crippen molar-refractivity contribution in [2.24, 2.45) is 4.99 Å². The Morgan fingerprint density at radius 2 is 1.82 bits per heavy atom. The number of aliphatic carboxylic acids is 1. The zero-order chi connectivity index (χ0) is 28.5. The maximum absolute atomic E-state index is 13.4. The smallest absolute Gasteiger partial charge is 0.327 e. The van der Waals surface area contributed by atoms with Gasteiger partial charge >= 0.3 is 5.97 Å². The number of thioether (sulfide) groups is 1. The number of nitrogens with zero attached hydrogens (tertiary/aromatic N) is 2. The van der Waals surface area contributed by atoms with Crippen molar-refractivity contribution in [2.45, 2.75) is 42.1 Å². The number of hydrogen-bond donors (Lipinski definition) is 4. The maximum Gasteiger partial charge on any atom is 0.327 e. The highest BCUT2D eigenvalue weighted by Gasteiger charge is 2.64. The quantitative estimate of drug-likeness (QED) is 0.210. The van der Waals surface area contributed by atoms with E-state index in [4.69, 9.17) is 23.2 Å². The monoisotopic (exact) mass is 591 g/mol. The van der Waals surface area contributed by atoms with Crippen LogP contribution in [-0.4, -0.2) is 75.3 Å². The van der Waals surface area contributed by atoms with E-state index in [1.54, 1.807) is 69.4 Å². The lowest BCUT2D eigenvalue weighted by molar-refractivity contribution is -0.161. The third-order valence-electron chi connectivity index (χ3n) is 6.51. The first-order chi connectivity index (χ1) is 18.4. The van der Waals surface area contributed by atoms with Gasteiger partial charge < -0.3 is 26.0 Å². The van der Waals surface area contributed by atoms with Crippen LogP contribution in [0.1, 0.15) is 31.0 Å². The van der Waals surface area contributed by atoms with Crippen LogP contribution in [0.5, 0.6) is 0 Å². The summed E-state index contributed by atoms with van der Waals surface area (Å²) in [4.78, 5) is 56.4. The molecule has 2 saturated heterocycles. The summed E-state index contributed by atoms with van der Waals surface area (Å²) in [6, 6.07) is 10.6. The number of aliphatic imine (C=N–C) groups is 1. The molecule has 0 radical (unpaired) electrons. The third-order valence-corrected chi connectivity index (χ3v) is 8.82. The SMILES string of the molecule is C/N=C(\NCC(=O)NC(C(=O)NC1C(=O)N2[C@@H]1SC(C)(C)[C@@H]2C(=O)O)c1ccccc1)c1ccc(Cl)c(Cl)c1. The van der Waals surface area contributed by atoms with E-state index in [-0.39, 0.29) is 6.54 Å². The number of rotatable bonds is 8. The normalized spacial score (nSPS) is 22.4. The molecule has 3 amide bonds. The predicted octanol–water partition coefficient (Wildman–Crippen LogP) is 2.45. The molecule has 2 aromatic carbocycles. The lowest BCUT2D eigenvalue weighted by Gasteiger charge is -2.44. The molecule has 13 heteroatoms. The first-order valence-electron chi connectivity index (χ1n) is 12.0. The van der Waals surface area contributed by atoms with Gasteiger partial charge in [0.05, 0.1) is 16.6 Å². The Hall–Kier alpha value is -3.28. The number of amidine groups is 1. The van der Waals surface area contributed by atoms with Crippen LogP contribution in [0.4, 0.5) is 0 Å². The Balaban J connectivity index is 1.45. The molecule has 206 valence electrons. The number of benzene rings is 2. The van der Waals surface area contributed by atoms with E-state index in [0.717, 1.165) is 0 Å². The summed E-state index contributed by atoms with van der Waals surface area (Å²) < 4.78 is -0.725. The molecule has 0 aromatic heterocycles. The van der Waals surface area contributed by atoms with Crippen LogP contribution in [0.15, 0.2) is 53.5 Å². The molecule has 2 unspecified atom stereocenters. The average Bonchev–Trinajstić information content (AvgIpc) is 3.16. The maximum atomic E-state index is 13.4. The number of hydrogen-bond acceptors (Lipinski definition) is 6. The van der Waals surface area contributed by atoms with Gasteiger partial charge in [-0.05, 0) is 37.6 Å². The van der Waals surface area contributed by atoms with Crippen molar-refractivity contribution in [3.63, 3.8) is 0 Å². The molecule has 2 aromatic rings. The topological polar surface area (TPSA) is 140 Å². The summed E-state index contributed by atoms with van der Waals surface area (Å²) in [5, 5.41) is 18.2. The Labute approximate surface area is 239 Å². The second-order valence-corrected chi connectivity index (χ2v) is 12.1. The largest absolute Gasteiger partial charge is 0.480 e. The molecular formula is C26H27Cl2N5O5S. The number of halogens is 2. The van der Waals surface area contributed by atoms with Crippen molar-refractivity contribution < 1.29 is 24.3 Å². The molecule has 0 saturated carbocycles. The second-order valence-electron chi connectivity index (χ2n) is 9.55. The Morgan fingerprint density at radius 3 is 2.44 bits per heavy atom. The number of fused-ring (bicyclic) bond motifs is 1. The standard InChI is InChI=1S/C26H27Cl2N5O5S/c1-26(2)20(25(37)38)33-23(36)19(24(33)39-26)32-22(35)18(13-7-5-4-6-8-13)31-17(34)12-30-21(29-3)14-9-10-15(27)16(28)11-14/h4-11,18-20,24H,12H2,1-3H3,(H,29,30)(H,31,34)(H,32,35)(H,37,38)/t18?,19?,20-,24+/m0/s1. The van der Waals surface area contributed by atoms with Crippen LogP contribution >= 0.6 is 35.0 Å². The average molecular weight is 593 g/mol. The van der Waals surface area contributed by atoms with Gasteiger partial charge in [-0.15, -0.1) is 11.8 Å². The molecule has 2 fully saturated rings. The van der Waals surface area contributed by atoms with Gasteiger partial charge in [0.1, 0.15) is 29.3 Å². The Bertz CT molecular complexity index is 1340. The van der Waals surface area contributed by atoms with Crippen molar-refractivity contribution in [3.8, 4) is 0 Å². The van der Waals surface area contributed by atoms with Gasteiger partial charge in [0.2, 0.25) is 17.7 Å². The number of β-lactam (4-membered cyclic amide) rings is 1. The van der Waals surface area contributed by atoms with Crippen molar-refractivity contribution in [1.82, 2.24) is 20.9 Å². The molecule has 4 rings (SSSR count). The van der Waals surface area contributed by atoms with Crippen LogP contribution < -0.4 is 16.0 Å². The van der Waals surface area contributed by atoms with Crippen LogP contribution in [0, 0.1) is 0 Å². The van der Waals surface area contributed by atoms with E-state index in [2.05, 4.69) is 20.9 Å². The van der Waals surface area contributed by atoms with E-state index in [0.29, 0.717) is 27.0 Å². The summed E-state index contributed by atoms with van der Waals surface area (Å²) >= 11 is 13.4. The summed E-state index contributed by atoms with van der Waals surface area (Å²) in [6.07, 6.45) is 0. The van der Waals surface area contributed by atoms with Crippen LogP contribution in [0.3, 0.4) is 0 Å². The fourth-order valence-corrected chi connectivity index (χ4v) is 6.58. The number of carbonyl (C=O) groups is 4. The van der Waals surface area contributed by atoms with E-state index in [9.17, 15) is 24.3 Å². The fraction of sp³-hybridized carbons (Fsp3) is 0.346. The van der Waals surface area contributed by atoms with E-state index in [1.807, 2.05) is 0 Å². The third kappa shape index (κ3) is 5.85. The van der Waals surface area contributed by atoms with Gasteiger partial charge in [-0.2, -0.15) is 0 Å². The van der Waals surface area contributed by atoms with Crippen molar-refractivity contribution in [1.29, 1.82) is 0 Å². The Morgan fingerprint density at radius 1 is 1.13 bits per heavy atom. The first-order valence-corrected chi connectivity index (χ1v) is 13.6. The van der Waals surface area contributed by atoms with Gasteiger partial charge in [0.15, 0.2) is 0 Å². The van der Waals surface area contributed by atoms with Gasteiger partial charge in [0.25, 0.3) is 0 Å². The van der Waals surface area contributed by atoms with Crippen molar-refractivity contribution in [2.75, 3.05) is 13.6 Å². The van der Waals surface area contributed by atoms with E-state index in [1.165, 1.54) is 16.7 Å². The number of carboxylic acid groups (broad SMARTS) is 1.